The van der Waals surface area contributed by atoms with Gasteiger partial charge in [0.25, 0.3) is 0 Å². The zero-order chi connectivity index (χ0) is 13.5. The Labute approximate surface area is 118 Å². The minimum absolute atomic E-state index is 0.163. The molecule has 1 fully saturated rings. The Balaban J connectivity index is 1.82. The van der Waals surface area contributed by atoms with Crippen molar-refractivity contribution in [1.82, 2.24) is 0 Å². The van der Waals surface area contributed by atoms with E-state index >= 15 is 0 Å². The molecule has 1 heterocycles. The average Bonchev–Trinajstić information content (AvgIpc) is 3.13. The Bertz CT molecular complexity index is 752. The molecule has 0 bridgehead atoms. The SMILES string of the molecule is NC(c1ccc2oc3ccccc3c2c1)C1CCCC1. The van der Waals surface area contributed by atoms with Crippen LogP contribution in [0.2, 0.25) is 0 Å². The van der Waals surface area contributed by atoms with Gasteiger partial charge in [-0.25, -0.2) is 0 Å². The first kappa shape index (κ1) is 12.0. The van der Waals surface area contributed by atoms with E-state index in [1.54, 1.807) is 0 Å². The van der Waals surface area contributed by atoms with Crippen LogP contribution in [0.5, 0.6) is 0 Å². The topological polar surface area (TPSA) is 39.2 Å². The van der Waals surface area contributed by atoms with Crippen LogP contribution < -0.4 is 5.73 Å². The van der Waals surface area contributed by atoms with Crippen LogP contribution in [-0.2, 0) is 0 Å². The van der Waals surface area contributed by atoms with Gasteiger partial charge in [-0.3, -0.25) is 0 Å². The number of hydrogen-bond acceptors (Lipinski definition) is 2. The van der Waals surface area contributed by atoms with Gasteiger partial charge in [0, 0.05) is 16.8 Å². The Morgan fingerprint density at radius 2 is 1.70 bits per heavy atom. The zero-order valence-electron chi connectivity index (χ0n) is 11.5. The molecule has 1 aromatic heterocycles. The molecule has 2 N–H and O–H groups in total. The fraction of sp³-hybridized carbons (Fsp3) is 0.333. The normalized spacial score (nSPS) is 18.1. The summed E-state index contributed by atoms with van der Waals surface area (Å²) >= 11 is 0. The molecule has 2 heteroatoms. The molecule has 1 unspecified atom stereocenters. The number of para-hydroxylation sites is 1. The van der Waals surface area contributed by atoms with Crippen molar-refractivity contribution >= 4 is 21.9 Å². The van der Waals surface area contributed by atoms with Crippen LogP contribution in [0.15, 0.2) is 46.9 Å². The summed E-state index contributed by atoms with van der Waals surface area (Å²) in [6, 6.07) is 14.8. The van der Waals surface area contributed by atoms with Crippen molar-refractivity contribution in [2.24, 2.45) is 11.7 Å². The maximum atomic E-state index is 6.47. The third-order valence-corrected chi connectivity index (χ3v) is 4.69. The highest BCUT2D eigenvalue weighted by atomic mass is 16.3. The van der Waals surface area contributed by atoms with Crippen molar-refractivity contribution in [3.8, 4) is 0 Å². The van der Waals surface area contributed by atoms with Gasteiger partial charge in [-0.2, -0.15) is 0 Å². The molecule has 0 saturated heterocycles. The molecule has 0 aliphatic heterocycles. The van der Waals surface area contributed by atoms with E-state index in [2.05, 4.69) is 30.3 Å². The van der Waals surface area contributed by atoms with Crippen molar-refractivity contribution in [3.05, 3.63) is 48.0 Å². The second-order valence-corrected chi connectivity index (χ2v) is 5.92. The Morgan fingerprint density at radius 1 is 0.950 bits per heavy atom. The van der Waals surface area contributed by atoms with E-state index in [0.29, 0.717) is 5.92 Å². The molecule has 1 saturated carbocycles. The van der Waals surface area contributed by atoms with E-state index in [9.17, 15) is 0 Å². The van der Waals surface area contributed by atoms with E-state index in [-0.39, 0.29) is 6.04 Å². The molecule has 3 aromatic rings. The highest BCUT2D eigenvalue weighted by molar-refractivity contribution is 6.05. The lowest BCUT2D eigenvalue weighted by molar-refractivity contribution is 0.445. The molecule has 1 aliphatic rings. The maximum Gasteiger partial charge on any atom is 0.135 e. The number of nitrogens with two attached hydrogens (primary N) is 1. The smallest absolute Gasteiger partial charge is 0.135 e. The van der Waals surface area contributed by atoms with E-state index in [0.717, 1.165) is 11.2 Å². The first-order valence-electron chi connectivity index (χ1n) is 7.50. The summed E-state index contributed by atoms with van der Waals surface area (Å²) in [5.41, 5.74) is 9.63. The zero-order valence-corrected chi connectivity index (χ0v) is 11.5. The van der Waals surface area contributed by atoms with Gasteiger partial charge in [0.1, 0.15) is 11.2 Å². The summed E-state index contributed by atoms with van der Waals surface area (Å²) < 4.78 is 5.87. The predicted octanol–water partition coefficient (Wildman–Crippen LogP) is 4.78. The lowest BCUT2D eigenvalue weighted by atomic mass is 9.92. The van der Waals surface area contributed by atoms with Crippen LogP contribution in [0.25, 0.3) is 21.9 Å². The van der Waals surface area contributed by atoms with Crippen molar-refractivity contribution in [1.29, 1.82) is 0 Å². The third-order valence-electron chi connectivity index (χ3n) is 4.69. The van der Waals surface area contributed by atoms with Crippen LogP contribution >= 0.6 is 0 Å². The molecule has 20 heavy (non-hydrogen) atoms. The molecule has 0 radical (unpaired) electrons. The minimum atomic E-state index is 0.163. The van der Waals surface area contributed by atoms with E-state index in [1.165, 1.54) is 42.0 Å². The Kier molecular flexibility index (Phi) is 2.78. The van der Waals surface area contributed by atoms with Crippen LogP contribution in [0, 0.1) is 5.92 Å². The Morgan fingerprint density at radius 3 is 2.55 bits per heavy atom. The highest BCUT2D eigenvalue weighted by Crippen LogP contribution is 2.36. The molecule has 4 rings (SSSR count). The van der Waals surface area contributed by atoms with Gasteiger partial charge in [0.2, 0.25) is 0 Å². The quantitative estimate of drug-likeness (QED) is 0.724. The number of fused-ring (bicyclic) bond motifs is 3. The summed E-state index contributed by atoms with van der Waals surface area (Å²) in [5, 5.41) is 2.37. The van der Waals surface area contributed by atoms with Crippen LogP contribution in [0.1, 0.15) is 37.3 Å². The largest absolute Gasteiger partial charge is 0.456 e. The Hall–Kier alpha value is -1.80. The molecule has 0 amide bonds. The third kappa shape index (κ3) is 1.83. The summed E-state index contributed by atoms with van der Waals surface area (Å²) in [6.45, 7) is 0. The minimum Gasteiger partial charge on any atom is -0.456 e. The molecule has 102 valence electrons. The second kappa shape index (κ2) is 4.64. The molecule has 0 spiro atoms. The number of hydrogen-bond donors (Lipinski definition) is 1. The molecule has 1 aliphatic carbocycles. The lowest BCUT2D eigenvalue weighted by Gasteiger charge is -2.19. The predicted molar refractivity (Wildman–Crippen MR) is 82.6 cm³/mol. The van der Waals surface area contributed by atoms with Crippen molar-refractivity contribution in [2.45, 2.75) is 31.7 Å². The first-order chi connectivity index (χ1) is 9.83. The fourth-order valence-corrected chi connectivity index (χ4v) is 3.54. The van der Waals surface area contributed by atoms with Gasteiger partial charge in [0.05, 0.1) is 0 Å². The summed E-state index contributed by atoms with van der Waals surface area (Å²) in [6.07, 6.45) is 5.20. The molecular formula is C18H19NO. The lowest BCUT2D eigenvalue weighted by Crippen LogP contribution is -2.18. The van der Waals surface area contributed by atoms with Gasteiger partial charge in [-0.1, -0.05) is 37.1 Å². The molecule has 2 nitrogen and oxygen atoms in total. The number of rotatable bonds is 2. The van der Waals surface area contributed by atoms with Crippen LogP contribution in [0.3, 0.4) is 0 Å². The average molecular weight is 265 g/mol. The van der Waals surface area contributed by atoms with Crippen molar-refractivity contribution in [3.63, 3.8) is 0 Å². The standard InChI is InChI=1S/C18H19NO/c19-18(12-5-1-2-6-12)13-9-10-17-15(11-13)14-7-3-4-8-16(14)20-17/h3-4,7-12,18H,1-2,5-6,19H2. The highest BCUT2D eigenvalue weighted by Gasteiger charge is 2.23. The van der Waals surface area contributed by atoms with Crippen LogP contribution in [0.4, 0.5) is 0 Å². The van der Waals surface area contributed by atoms with Gasteiger partial charge < -0.3 is 10.2 Å². The van der Waals surface area contributed by atoms with Gasteiger partial charge in [-0.05, 0) is 42.5 Å². The summed E-state index contributed by atoms with van der Waals surface area (Å²) in [5.74, 6) is 0.644. The number of furan rings is 1. The van der Waals surface area contributed by atoms with E-state index < -0.39 is 0 Å². The van der Waals surface area contributed by atoms with Crippen LogP contribution in [-0.4, -0.2) is 0 Å². The summed E-state index contributed by atoms with van der Waals surface area (Å²) in [4.78, 5) is 0. The van der Waals surface area contributed by atoms with Gasteiger partial charge in [-0.15, -0.1) is 0 Å². The molecule has 1 atom stereocenters. The maximum absolute atomic E-state index is 6.47. The molecule has 2 aromatic carbocycles. The van der Waals surface area contributed by atoms with Gasteiger partial charge in [0.15, 0.2) is 0 Å². The van der Waals surface area contributed by atoms with Crippen molar-refractivity contribution < 1.29 is 4.42 Å². The second-order valence-electron chi connectivity index (χ2n) is 5.92. The van der Waals surface area contributed by atoms with E-state index in [4.69, 9.17) is 10.2 Å². The fourth-order valence-electron chi connectivity index (χ4n) is 3.54. The van der Waals surface area contributed by atoms with Crippen molar-refractivity contribution in [2.75, 3.05) is 0 Å². The van der Waals surface area contributed by atoms with Gasteiger partial charge >= 0.3 is 0 Å². The monoisotopic (exact) mass is 265 g/mol. The number of benzene rings is 2. The molecular weight excluding hydrogens is 246 g/mol. The van der Waals surface area contributed by atoms with E-state index in [1.807, 2.05) is 12.1 Å². The first-order valence-corrected chi connectivity index (χ1v) is 7.50. The summed E-state index contributed by atoms with van der Waals surface area (Å²) in [7, 11) is 0.